The maximum Gasteiger partial charge on any atom is -0.0162 e. The van der Waals surface area contributed by atoms with Crippen LogP contribution in [0, 0.1) is 6.92 Å². The molecule has 0 bridgehead atoms. The van der Waals surface area contributed by atoms with Gasteiger partial charge in [-0.05, 0) is 48.8 Å². The number of hydrogen-bond acceptors (Lipinski definition) is 0. The van der Waals surface area contributed by atoms with Gasteiger partial charge in [0.1, 0.15) is 0 Å². The third kappa shape index (κ3) is 1.63. The molecule has 1 aliphatic carbocycles. The third-order valence-corrected chi connectivity index (χ3v) is 3.33. The van der Waals surface area contributed by atoms with Crippen molar-refractivity contribution >= 4 is 0 Å². The second kappa shape index (κ2) is 3.53. The van der Waals surface area contributed by atoms with Crippen LogP contribution in [-0.4, -0.2) is 0 Å². The molecule has 1 aliphatic rings. The number of rotatable bonds is 2. The summed E-state index contributed by atoms with van der Waals surface area (Å²) in [5.41, 5.74) is 4.56. The fraction of sp³-hybridized carbons (Fsp3) is 0.538. The Bertz CT molecular complexity index is 295. The van der Waals surface area contributed by atoms with E-state index in [2.05, 4.69) is 32.0 Å². The summed E-state index contributed by atoms with van der Waals surface area (Å²) in [6.45, 7) is 4.45. The van der Waals surface area contributed by atoms with Crippen molar-refractivity contribution in [3.05, 3.63) is 34.9 Å². The molecule has 13 heavy (non-hydrogen) atoms. The molecule has 0 saturated heterocycles. The molecule has 1 aromatic carbocycles. The van der Waals surface area contributed by atoms with Crippen molar-refractivity contribution < 1.29 is 0 Å². The van der Waals surface area contributed by atoms with Gasteiger partial charge in [0.25, 0.3) is 0 Å². The van der Waals surface area contributed by atoms with Crippen LogP contribution in [0.25, 0.3) is 0 Å². The Labute approximate surface area is 81.0 Å². The van der Waals surface area contributed by atoms with Crippen molar-refractivity contribution in [2.45, 2.75) is 45.4 Å². The fourth-order valence-corrected chi connectivity index (χ4v) is 2.07. The molecular weight excluding hydrogens is 156 g/mol. The van der Waals surface area contributed by atoms with Gasteiger partial charge in [0.05, 0.1) is 0 Å². The van der Waals surface area contributed by atoms with E-state index in [1.807, 2.05) is 0 Å². The largest absolute Gasteiger partial charge is 0.0613 e. The van der Waals surface area contributed by atoms with Gasteiger partial charge >= 0.3 is 0 Å². The van der Waals surface area contributed by atoms with Crippen molar-refractivity contribution in [2.75, 3.05) is 0 Å². The van der Waals surface area contributed by atoms with Gasteiger partial charge in [-0.2, -0.15) is 0 Å². The average molecular weight is 174 g/mol. The maximum absolute atomic E-state index is 2.42. The molecule has 0 aromatic heterocycles. The van der Waals surface area contributed by atoms with Crippen molar-refractivity contribution in [1.29, 1.82) is 0 Å². The lowest BCUT2D eigenvalue weighted by Crippen LogP contribution is -2.09. The second-order valence-corrected chi connectivity index (χ2v) is 4.17. The van der Waals surface area contributed by atoms with E-state index in [-0.39, 0.29) is 0 Å². The molecule has 70 valence electrons. The van der Waals surface area contributed by atoms with E-state index in [4.69, 9.17) is 0 Å². The highest BCUT2D eigenvalue weighted by Gasteiger charge is 2.19. The molecule has 0 amide bonds. The first-order valence-electron chi connectivity index (χ1n) is 5.40. The molecule has 0 spiro atoms. The molecule has 0 aliphatic heterocycles. The van der Waals surface area contributed by atoms with E-state index in [9.17, 15) is 0 Å². The van der Waals surface area contributed by atoms with Crippen molar-refractivity contribution in [1.82, 2.24) is 0 Å². The first kappa shape index (κ1) is 8.80. The van der Waals surface area contributed by atoms with Crippen molar-refractivity contribution in [3.8, 4) is 0 Å². The van der Waals surface area contributed by atoms with Crippen LogP contribution in [0.5, 0.6) is 0 Å². The molecule has 0 heterocycles. The first-order chi connectivity index (χ1) is 6.31. The van der Waals surface area contributed by atoms with E-state index in [0.717, 1.165) is 5.92 Å². The lowest BCUT2D eigenvalue weighted by Gasteiger charge is -2.26. The fourth-order valence-electron chi connectivity index (χ4n) is 2.07. The van der Waals surface area contributed by atoms with Gasteiger partial charge in [-0.3, -0.25) is 0 Å². The Morgan fingerprint density at radius 1 is 1.31 bits per heavy atom. The zero-order valence-corrected chi connectivity index (χ0v) is 8.64. The molecule has 2 rings (SSSR count). The summed E-state index contributed by atoms with van der Waals surface area (Å²) in [5.74, 6) is 0.880. The summed E-state index contributed by atoms with van der Waals surface area (Å²) < 4.78 is 0. The molecule has 1 saturated carbocycles. The summed E-state index contributed by atoms with van der Waals surface area (Å²) >= 11 is 0. The van der Waals surface area contributed by atoms with E-state index < -0.39 is 0 Å². The summed E-state index contributed by atoms with van der Waals surface area (Å²) in [5, 5.41) is 0. The lowest BCUT2D eigenvalue weighted by atomic mass is 9.79. The zero-order valence-electron chi connectivity index (χ0n) is 8.64. The third-order valence-electron chi connectivity index (χ3n) is 3.33. The summed E-state index contributed by atoms with van der Waals surface area (Å²) in [6.07, 6.45) is 5.42. The Morgan fingerprint density at radius 3 is 2.62 bits per heavy atom. The predicted octanol–water partition coefficient (Wildman–Crippen LogP) is 3.82. The summed E-state index contributed by atoms with van der Waals surface area (Å²) in [7, 11) is 0. The molecule has 0 nitrogen and oxygen atoms in total. The smallest absolute Gasteiger partial charge is 0.0162 e. The van der Waals surface area contributed by atoms with Gasteiger partial charge in [-0.15, -0.1) is 0 Å². The van der Waals surface area contributed by atoms with Crippen molar-refractivity contribution in [2.24, 2.45) is 0 Å². The minimum atomic E-state index is 0.880. The van der Waals surface area contributed by atoms with Crippen molar-refractivity contribution in [3.63, 3.8) is 0 Å². The molecule has 0 radical (unpaired) electrons. The Kier molecular flexibility index (Phi) is 2.39. The van der Waals surface area contributed by atoms with Gasteiger partial charge in [0.15, 0.2) is 0 Å². The quantitative estimate of drug-likeness (QED) is 0.639. The van der Waals surface area contributed by atoms with E-state index >= 15 is 0 Å². The minimum absolute atomic E-state index is 0.880. The zero-order chi connectivity index (χ0) is 9.26. The van der Waals surface area contributed by atoms with Crippen LogP contribution in [-0.2, 0) is 6.42 Å². The van der Waals surface area contributed by atoms with Gasteiger partial charge < -0.3 is 0 Å². The van der Waals surface area contributed by atoms with E-state index in [1.165, 1.54) is 36.8 Å². The molecule has 0 N–H and O–H groups in total. The second-order valence-electron chi connectivity index (χ2n) is 4.17. The maximum atomic E-state index is 2.42. The highest BCUT2D eigenvalue weighted by atomic mass is 14.2. The van der Waals surface area contributed by atoms with Crippen LogP contribution in [0.2, 0.25) is 0 Å². The van der Waals surface area contributed by atoms with Gasteiger partial charge in [0, 0.05) is 0 Å². The number of hydrogen-bond donors (Lipinski definition) is 0. The van der Waals surface area contributed by atoms with Crippen LogP contribution in [0.4, 0.5) is 0 Å². The van der Waals surface area contributed by atoms with Crippen LogP contribution in [0.1, 0.15) is 48.8 Å². The minimum Gasteiger partial charge on any atom is -0.0613 e. The Morgan fingerprint density at radius 2 is 2.08 bits per heavy atom. The van der Waals surface area contributed by atoms with Gasteiger partial charge in [0.2, 0.25) is 0 Å². The SMILES string of the molecule is CCc1cc(C2CCC2)ccc1C. The van der Waals surface area contributed by atoms with Gasteiger partial charge in [-0.1, -0.05) is 31.5 Å². The average Bonchev–Trinajstić information content (AvgIpc) is 2.05. The standard InChI is InChI=1S/C13H18/c1-3-11-9-13(8-7-10(11)2)12-5-4-6-12/h7-9,12H,3-6H2,1-2H3. The summed E-state index contributed by atoms with van der Waals surface area (Å²) in [4.78, 5) is 0. The van der Waals surface area contributed by atoms with E-state index in [0.29, 0.717) is 0 Å². The highest BCUT2D eigenvalue weighted by molar-refractivity contribution is 5.33. The molecule has 0 heteroatoms. The predicted molar refractivity (Wildman–Crippen MR) is 57.1 cm³/mol. The van der Waals surface area contributed by atoms with Crippen LogP contribution in [0.3, 0.4) is 0 Å². The Hall–Kier alpha value is -0.780. The highest BCUT2D eigenvalue weighted by Crippen LogP contribution is 2.36. The van der Waals surface area contributed by atoms with Gasteiger partial charge in [-0.25, -0.2) is 0 Å². The Balaban J connectivity index is 2.26. The molecular formula is C13H18. The molecule has 1 aromatic rings. The molecule has 1 fully saturated rings. The number of benzene rings is 1. The number of aryl methyl sites for hydroxylation is 2. The molecule has 0 unspecified atom stereocenters. The van der Waals surface area contributed by atoms with Crippen LogP contribution in [0.15, 0.2) is 18.2 Å². The normalized spacial score (nSPS) is 17.1. The molecule has 0 atom stereocenters. The lowest BCUT2D eigenvalue weighted by molar-refractivity contribution is 0.419. The monoisotopic (exact) mass is 174 g/mol. The van der Waals surface area contributed by atoms with Crippen LogP contribution >= 0.6 is 0 Å². The van der Waals surface area contributed by atoms with E-state index in [1.54, 1.807) is 5.56 Å². The first-order valence-corrected chi connectivity index (χ1v) is 5.40. The summed E-state index contributed by atoms with van der Waals surface area (Å²) in [6, 6.07) is 7.02. The topological polar surface area (TPSA) is 0 Å². The van der Waals surface area contributed by atoms with Crippen LogP contribution < -0.4 is 0 Å².